The molecule has 6 nitrogen and oxygen atoms in total. The number of nitriles is 1. The minimum absolute atomic E-state index is 0.296. The van der Waals surface area contributed by atoms with Crippen LogP contribution in [0.3, 0.4) is 0 Å². The van der Waals surface area contributed by atoms with Gasteiger partial charge < -0.3 is 10.2 Å². The molecule has 0 atom stereocenters. The summed E-state index contributed by atoms with van der Waals surface area (Å²) < 4.78 is 0. The molecule has 6 heteroatoms. The van der Waals surface area contributed by atoms with Crippen molar-refractivity contribution in [3.05, 3.63) is 47.8 Å². The van der Waals surface area contributed by atoms with E-state index in [0.29, 0.717) is 22.9 Å². The molecule has 1 N–H and O–H groups in total. The molecular weight excluding hydrogens is 278 g/mol. The van der Waals surface area contributed by atoms with Crippen LogP contribution in [0.15, 0.2) is 36.5 Å². The lowest BCUT2D eigenvalue weighted by molar-refractivity contribution is 0.102. The third-order valence-electron chi connectivity index (χ3n) is 3.56. The van der Waals surface area contributed by atoms with Crippen LogP contribution in [0.4, 0.5) is 11.6 Å². The predicted octanol–water partition coefficient (Wildman–Crippen LogP) is 2.20. The Bertz CT molecular complexity index is 731. The van der Waals surface area contributed by atoms with E-state index < -0.39 is 0 Å². The highest BCUT2D eigenvalue weighted by Gasteiger charge is 2.17. The largest absolute Gasteiger partial charge is 0.341 e. The van der Waals surface area contributed by atoms with Crippen molar-refractivity contribution in [1.29, 1.82) is 5.26 Å². The summed E-state index contributed by atoms with van der Waals surface area (Å²) in [6.07, 6.45) is 3.83. The van der Waals surface area contributed by atoms with Gasteiger partial charge in [-0.25, -0.2) is 9.97 Å². The van der Waals surface area contributed by atoms with Gasteiger partial charge in [-0.2, -0.15) is 5.26 Å². The van der Waals surface area contributed by atoms with Crippen LogP contribution in [-0.2, 0) is 0 Å². The quantitative estimate of drug-likeness (QED) is 0.938. The summed E-state index contributed by atoms with van der Waals surface area (Å²) in [5.74, 6) is 0.240. The van der Waals surface area contributed by atoms with E-state index >= 15 is 0 Å². The van der Waals surface area contributed by atoms with Crippen molar-refractivity contribution < 1.29 is 4.79 Å². The fourth-order valence-electron chi connectivity index (χ4n) is 2.42. The highest BCUT2D eigenvalue weighted by molar-refractivity contribution is 6.03. The number of para-hydroxylation sites is 1. The molecule has 0 saturated carbocycles. The SMILES string of the molecule is N#Cc1ccccc1NC(=O)c1ccnc(N2CCCC2)n1. The van der Waals surface area contributed by atoms with Crippen molar-refractivity contribution >= 4 is 17.5 Å². The molecule has 0 radical (unpaired) electrons. The zero-order chi connectivity index (χ0) is 15.4. The molecule has 1 fully saturated rings. The lowest BCUT2D eigenvalue weighted by Gasteiger charge is -2.15. The number of carbonyl (C=O) groups is 1. The Morgan fingerprint density at radius 1 is 1.23 bits per heavy atom. The van der Waals surface area contributed by atoms with E-state index in [4.69, 9.17) is 5.26 Å². The molecule has 3 rings (SSSR count). The second-order valence-corrected chi connectivity index (χ2v) is 5.05. The van der Waals surface area contributed by atoms with Crippen LogP contribution in [0.25, 0.3) is 0 Å². The number of hydrogen-bond donors (Lipinski definition) is 1. The van der Waals surface area contributed by atoms with Crippen LogP contribution < -0.4 is 10.2 Å². The van der Waals surface area contributed by atoms with Crippen molar-refractivity contribution in [3.8, 4) is 6.07 Å². The Morgan fingerprint density at radius 3 is 2.77 bits per heavy atom. The topological polar surface area (TPSA) is 81.9 Å². The smallest absolute Gasteiger partial charge is 0.274 e. The van der Waals surface area contributed by atoms with Gasteiger partial charge in [-0.05, 0) is 31.0 Å². The fourth-order valence-corrected chi connectivity index (χ4v) is 2.42. The molecule has 1 aromatic heterocycles. The molecule has 110 valence electrons. The summed E-state index contributed by atoms with van der Waals surface area (Å²) >= 11 is 0. The van der Waals surface area contributed by atoms with Gasteiger partial charge in [0.05, 0.1) is 11.3 Å². The lowest BCUT2D eigenvalue weighted by atomic mass is 10.2. The Kier molecular flexibility index (Phi) is 3.97. The van der Waals surface area contributed by atoms with E-state index in [2.05, 4.69) is 26.3 Å². The average molecular weight is 293 g/mol. The highest BCUT2D eigenvalue weighted by atomic mass is 16.1. The summed E-state index contributed by atoms with van der Waals surface area (Å²) in [6.45, 7) is 1.84. The number of anilines is 2. The Morgan fingerprint density at radius 2 is 2.00 bits per heavy atom. The number of rotatable bonds is 3. The summed E-state index contributed by atoms with van der Waals surface area (Å²) in [5.41, 5.74) is 1.20. The molecule has 1 aromatic carbocycles. The molecule has 1 amide bonds. The van der Waals surface area contributed by atoms with E-state index in [9.17, 15) is 4.79 Å². The van der Waals surface area contributed by atoms with Crippen LogP contribution in [0.2, 0.25) is 0 Å². The van der Waals surface area contributed by atoms with E-state index in [1.54, 1.807) is 36.5 Å². The van der Waals surface area contributed by atoms with Gasteiger partial charge in [0.25, 0.3) is 5.91 Å². The number of nitrogens with one attached hydrogen (secondary N) is 1. The number of amides is 1. The van der Waals surface area contributed by atoms with Crippen LogP contribution in [0.5, 0.6) is 0 Å². The normalized spacial score (nSPS) is 13.7. The highest BCUT2D eigenvalue weighted by Crippen LogP contribution is 2.17. The molecule has 0 unspecified atom stereocenters. The van der Waals surface area contributed by atoms with Gasteiger partial charge >= 0.3 is 0 Å². The number of carbonyl (C=O) groups excluding carboxylic acids is 1. The van der Waals surface area contributed by atoms with Crippen LogP contribution >= 0.6 is 0 Å². The predicted molar refractivity (Wildman–Crippen MR) is 82.6 cm³/mol. The molecule has 1 saturated heterocycles. The zero-order valence-electron chi connectivity index (χ0n) is 12.0. The minimum Gasteiger partial charge on any atom is -0.341 e. The van der Waals surface area contributed by atoms with E-state index in [-0.39, 0.29) is 5.91 Å². The lowest BCUT2D eigenvalue weighted by Crippen LogP contribution is -2.22. The Hall–Kier alpha value is -2.94. The molecule has 0 aliphatic carbocycles. The first kappa shape index (κ1) is 14.0. The fraction of sp³-hybridized carbons (Fsp3) is 0.250. The van der Waals surface area contributed by atoms with Gasteiger partial charge in [0.2, 0.25) is 5.95 Å². The van der Waals surface area contributed by atoms with Gasteiger partial charge in [-0.1, -0.05) is 12.1 Å². The third-order valence-corrected chi connectivity index (χ3v) is 3.56. The van der Waals surface area contributed by atoms with Gasteiger partial charge in [0.1, 0.15) is 11.8 Å². The van der Waals surface area contributed by atoms with Gasteiger partial charge in [0, 0.05) is 19.3 Å². The van der Waals surface area contributed by atoms with Crippen molar-refractivity contribution in [2.75, 3.05) is 23.3 Å². The molecule has 0 spiro atoms. The first-order chi connectivity index (χ1) is 10.8. The van der Waals surface area contributed by atoms with Crippen molar-refractivity contribution in [1.82, 2.24) is 9.97 Å². The zero-order valence-corrected chi connectivity index (χ0v) is 12.0. The van der Waals surface area contributed by atoms with Gasteiger partial charge in [-0.3, -0.25) is 4.79 Å². The van der Waals surface area contributed by atoms with Crippen molar-refractivity contribution in [2.24, 2.45) is 0 Å². The van der Waals surface area contributed by atoms with Crippen molar-refractivity contribution in [2.45, 2.75) is 12.8 Å². The second kappa shape index (κ2) is 6.22. The number of benzene rings is 1. The molecule has 22 heavy (non-hydrogen) atoms. The van der Waals surface area contributed by atoms with E-state index in [1.165, 1.54) is 0 Å². The third kappa shape index (κ3) is 2.88. The maximum atomic E-state index is 12.3. The maximum Gasteiger partial charge on any atom is 0.274 e. The first-order valence-corrected chi connectivity index (χ1v) is 7.16. The number of aromatic nitrogens is 2. The van der Waals surface area contributed by atoms with Gasteiger partial charge in [-0.15, -0.1) is 0 Å². The summed E-state index contributed by atoms with van der Waals surface area (Å²) in [5, 5.41) is 11.8. The molecule has 2 heterocycles. The maximum absolute atomic E-state index is 12.3. The van der Waals surface area contributed by atoms with E-state index in [1.807, 2.05) is 0 Å². The van der Waals surface area contributed by atoms with Gasteiger partial charge in [0.15, 0.2) is 0 Å². The number of hydrogen-bond acceptors (Lipinski definition) is 5. The van der Waals surface area contributed by atoms with Crippen LogP contribution in [0.1, 0.15) is 28.9 Å². The second-order valence-electron chi connectivity index (χ2n) is 5.05. The standard InChI is InChI=1S/C16H15N5O/c17-11-12-5-1-2-6-13(12)19-15(22)14-7-8-18-16(20-14)21-9-3-4-10-21/h1-2,5-8H,3-4,9-10H2,(H,19,22). The van der Waals surface area contributed by atoms with Crippen LogP contribution in [-0.4, -0.2) is 29.0 Å². The molecule has 1 aliphatic heterocycles. The average Bonchev–Trinajstić information content (AvgIpc) is 3.10. The summed E-state index contributed by atoms with van der Waals surface area (Å²) in [7, 11) is 0. The minimum atomic E-state index is -0.342. The molecular formula is C16H15N5O. The monoisotopic (exact) mass is 293 g/mol. The Labute approximate surface area is 128 Å². The molecule has 2 aromatic rings. The van der Waals surface area contributed by atoms with Crippen LogP contribution in [0, 0.1) is 11.3 Å². The molecule has 0 bridgehead atoms. The van der Waals surface area contributed by atoms with Crippen molar-refractivity contribution in [3.63, 3.8) is 0 Å². The Balaban J connectivity index is 1.80. The summed E-state index contributed by atoms with van der Waals surface area (Å²) in [4.78, 5) is 22.9. The van der Waals surface area contributed by atoms with E-state index in [0.717, 1.165) is 25.9 Å². The first-order valence-electron chi connectivity index (χ1n) is 7.16. The summed E-state index contributed by atoms with van der Waals surface area (Å²) in [6, 6.07) is 10.5. The number of nitrogens with zero attached hydrogens (tertiary/aromatic N) is 4. The molecule has 1 aliphatic rings.